The molecule has 0 aromatic heterocycles. The summed E-state index contributed by atoms with van der Waals surface area (Å²) in [5, 5.41) is 8.85. The van der Waals surface area contributed by atoms with Gasteiger partial charge in [-0.2, -0.15) is 0 Å². The topological polar surface area (TPSA) is 65.5 Å². The Bertz CT molecular complexity index is 549. The van der Waals surface area contributed by atoms with Crippen LogP contribution in [-0.4, -0.2) is 38.0 Å². The van der Waals surface area contributed by atoms with Crippen molar-refractivity contribution in [2.75, 3.05) is 26.2 Å². The molecule has 0 unspecified atom stereocenters. The molecule has 0 radical (unpaired) electrons. The predicted molar refractivity (Wildman–Crippen MR) is 103 cm³/mol. The van der Waals surface area contributed by atoms with E-state index in [1.807, 2.05) is 6.92 Å². The molecule has 0 heterocycles. The Morgan fingerprint density at radius 2 is 2.09 bits per heavy atom. The molecule has 23 heavy (non-hydrogen) atoms. The second-order valence-electron chi connectivity index (χ2n) is 4.65. The number of hydrogen-bond acceptors (Lipinski definition) is 2. The van der Waals surface area contributed by atoms with Gasteiger partial charge in [0.05, 0.1) is 6.54 Å². The van der Waals surface area contributed by atoms with E-state index >= 15 is 0 Å². The van der Waals surface area contributed by atoms with Gasteiger partial charge in [0.1, 0.15) is 5.82 Å². The summed E-state index contributed by atoms with van der Waals surface area (Å²) in [6.45, 7) is 9.41. The minimum Gasteiger partial charge on any atom is -0.357 e. The van der Waals surface area contributed by atoms with Crippen LogP contribution in [0.25, 0.3) is 0 Å². The van der Waals surface area contributed by atoms with Crippen LogP contribution in [0.5, 0.6) is 0 Å². The van der Waals surface area contributed by atoms with Crippen LogP contribution in [0.3, 0.4) is 0 Å². The number of amides is 1. The Balaban J connectivity index is 0.00000484. The van der Waals surface area contributed by atoms with Crippen molar-refractivity contribution in [3.05, 3.63) is 47.8 Å². The number of rotatable bonds is 7. The zero-order chi connectivity index (χ0) is 16.4. The summed E-state index contributed by atoms with van der Waals surface area (Å²) in [6.07, 6.45) is 1.74. The normalized spacial score (nSPS) is 10.5. The Morgan fingerprint density at radius 1 is 1.35 bits per heavy atom. The maximum absolute atomic E-state index is 13.4. The van der Waals surface area contributed by atoms with E-state index in [1.54, 1.807) is 25.1 Å². The molecule has 0 saturated carbocycles. The number of aryl methyl sites for hydroxylation is 1. The Hall–Kier alpha value is -1.64. The Kier molecular flexibility index (Phi) is 11.0. The van der Waals surface area contributed by atoms with Crippen LogP contribution in [0.15, 0.2) is 35.8 Å². The molecule has 0 saturated heterocycles. The Labute approximate surface area is 153 Å². The van der Waals surface area contributed by atoms with Crippen LogP contribution >= 0.6 is 24.0 Å². The highest BCUT2D eigenvalue weighted by molar-refractivity contribution is 14.0. The lowest BCUT2D eigenvalue weighted by Gasteiger charge is -2.09. The largest absolute Gasteiger partial charge is 0.357 e. The highest BCUT2D eigenvalue weighted by Gasteiger charge is 2.07. The van der Waals surface area contributed by atoms with Crippen LogP contribution in [0.1, 0.15) is 22.8 Å². The molecule has 3 N–H and O–H groups in total. The molecule has 1 amide bonds. The summed E-state index contributed by atoms with van der Waals surface area (Å²) in [7, 11) is 0. The summed E-state index contributed by atoms with van der Waals surface area (Å²) in [6, 6.07) is 4.43. The molecular weight excluding hydrogens is 410 g/mol. The number of benzene rings is 1. The summed E-state index contributed by atoms with van der Waals surface area (Å²) in [5.74, 6) is -0.0232. The van der Waals surface area contributed by atoms with Crippen molar-refractivity contribution in [2.45, 2.75) is 13.8 Å². The molecular formula is C16H24FIN4O. The van der Waals surface area contributed by atoms with Crippen molar-refractivity contribution in [1.29, 1.82) is 0 Å². The number of carbonyl (C=O) groups excluding carboxylic acids is 1. The monoisotopic (exact) mass is 434 g/mol. The van der Waals surface area contributed by atoms with Crippen LogP contribution in [0.4, 0.5) is 4.39 Å². The minimum absolute atomic E-state index is 0. The van der Waals surface area contributed by atoms with E-state index in [0.717, 1.165) is 6.54 Å². The standard InChI is InChI=1S/C16H23FN4O.HI/c1-4-8-20-16(18-5-2)21-10-9-19-15(22)13-7-6-12(3)14(17)11-13;/h4,6-7,11H,1,5,8-10H2,2-3H3,(H,19,22)(H2,18,20,21);1H. The van der Waals surface area contributed by atoms with E-state index in [0.29, 0.717) is 36.7 Å². The smallest absolute Gasteiger partial charge is 0.251 e. The number of carbonyl (C=O) groups is 1. The van der Waals surface area contributed by atoms with Crippen molar-refractivity contribution in [1.82, 2.24) is 16.0 Å². The van der Waals surface area contributed by atoms with Crippen molar-refractivity contribution in [3.63, 3.8) is 0 Å². The van der Waals surface area contributed by atoms with Crippen molar-refractivity contribution in [3.8, 4) is 0 Å². The first kappa shape index (κ1) is 21.4. The third kappa shape index (κ3) is 7.96. The molecule has 0 atom stereocenters. The van der Waals surface area contributed by atoms with E-state index < -0.39 is 0 Å². The van der Waals surface area contributed by atoms with Gasteiger partial charge in [-0.3, -0.25) is 9.79 Å². The zero-order valence-corrected chi connectivity index (χ0v) is 15.8. The predicted octanol–water partition coefficient (Wildman–Crippen LogP) is 2.22. The van der Waals surface area contributed by atoms with Gasteiger partial charge in [-0.1, -0.05) is 12.1 Å². The minimum atomic E-state index is -0.381. The fraction of sp³-hybridized carbons (Fsp3) is 0.375. The first-order valence-electron chi connectivity index (χ1n) is 7.26. The van der Waals surface area contributed by atoms with Gasteiger partial charge in [0, 0.05) is 25.2 Å². The van der Waals surface area contributed by atoms with Gasteiger partial charge < -0.3 is 16.0 Å². The average Bonchev–Trinajstić information content (AvgIpc) is 2.51. The third-order valence-corrected chi connectivity index (χ3v) is 2.86. The van der Waals surface area contributed by atoms with Gasteiger partial charge in [0.2, 0.25) is 0 Å². The lowest BCUT2D eigenvalue weighted by atomic mass is 10.1. The molecule has 0 bridgehead atoms. The molecule has 7 heteroatoms. The molecule has 0 aliphatic carbocycles. The first-order chi connectivity index (χ1) is 10.6. The van der Waals surface area contributed by atoms with E-state index in [4.69, 9.17) is 0 Å². The number of nitrogens with one attached hydrogen (secondary N) is 3. The highest BCUT2D eigenvalue weighted by atomic mass is 127. The number of hydrogen-bond donors (Lipinski definition) is 3. The SMILES string of the molecule is C=CCNC(=NCCNC(=O)c1ccc(C)c(F)c1)NCC.I. The second-order valence-corrected chi connectivity index (χ2v) is 4.65. The van der Waals surface area contributed by atoms with Gasteiger partial charge in [-0.25, -0.2) is 4.39 Å². The molecule has 0 aliphatic heterocycles. The third-order valence-electron chi connectivity index (χ3n) is 2.86. The molecule has 0 spiro atoms. The zero-order valence-electron chi connectivity index (χ0n) is 13.5. The Morgan fingerprint density at radius 3 is 2.70 bits per heavy atom. The number of halogens is 2. The van der Waals surface area contributed by atoms with Gasteiger partial charge >= 0.3 is 0 Å². The first-order valence-corrected chi connectivity index (χ1v) is 7.26. The molecule has 1 aromatic carbocycles. The molecule has 1 aromatic rings. The summed E-state index contributed by atoms with van der Waals surface area (Å²) < 4.78 is 13.4. The quantitative estimate of drug-likeness (QED) is 0.203. The number of guanidine groups is 1. The van der Waals surface area contributed by atoms with Gasteiger partial charge in [0.25, 0.3) is 5.91 Å². The van der Waals surface area contributed by atoms with Gasteiger partial charge in [0.15, 0.2) is 5.96 Å². The fourth-order valence-electron chi connectivity index (χ4n) is 1.68. The second kappa shape index (κ2) is 11.9. The molecule has 128 valence electrons. The summed E-state index contributed by atoms with van der Waals surface area (Å²) >= 11 is 0. The number of nitrogens with zero attached hydrogens (tertiary/aromatic N) is 1. The van der Waals surface area contributed by atoms with E-state index in [1.165, 1.54) is 6.07 Å². The van der Waals surface area contributed by atoms with Crippen LogP contribution in [0.2, 0.25) is 0 Å². The maximum atomic E-state index is 13.4. The molecule has 5 nitrogen and oxygen atoms in total. The van der Waals surface area contributed by atoms with Gasteiger partial charge in [-0.05, 0) is 31.5 Å². The van der Waals surface area contributed by atoms with Crippen molar-refractivity contribution in [2.24, 2.45) is 4.99 Å². The molecule has 1 rings (SSSR count). The van der Waals surface area contributed by atoms with Crippen molar-refractivity contribution >= 4 is 35.8 Å². The van der Waals surface area contributed by atoms with E-state index in [-0.39, 0.29) is 35.7 Å². The van der Waals surface area contributed by atoms with E-state index in [9.17, 15) is 9.18 Å². The van der Waals surface area contributed by atoms with Crippen LogP contribution in [0, 0.1) is 12.7 Å². The lowest BCUT2D eigenvalue weighted by molar-refractivity contribution is 0.0954. The molecule has 0 fully saturated rings. The fourth-order valence-corrected chi connectivity index (χ4v) is 1.68. The van der Waals surface area contributed by atoms with Gasteiger partial charge in [-0.15, -0.1) is 30.6 Å². The summed E-state index contributed by atoms with van der Waals surface area (Å²) in [5.41, 5.74) is 0.827. The molecule has 0 aliphatic rings. The van der Waals surface area contributed by atoms with Crippen LogP contribution < -0.4 is 16.0 Å². The van der Waals surface area contributed by atoms with E-state index in [2.05, 4.69) is 27.5 Å². The maximum Gasteiger partial charge on any atom is 0.251 e. The lowest BCUT2D eigenvalue weighted by Crippen LogP contribution is -2.38. The van der Waals surface area contributed by atoms with Crippen molar-refractivity contribution < 1.29 is 9.18 Å². The van der Waals surface area contributed by atoms with Crippen LogP contribution in [-0.2, 0) is 0 Å². The summed E-state index contributed by atoms with van der Waals surface area (Å²) in [4.78, 5) is 16.2. The average molecular weight is 434 g/mol. The highest BCUT2D eigenvalue weighted by Crippen LogP contribution is 2.08. The number of aliphatic imine (C=N–C) groups is 1.